The van der Waals surface area contributed by atoms with Crippen molar-refractivity contribution in [3.63, 3.8) is 0 Å². The van der Waals surface area contributed by atoms with E-state index in [0.717, 1.165) is 0 Å². The van der Waals surface area contributed by atoms with Crippen LogP contribution in [0.15, 0.2) is 18.2 Å². The molecule has 0 radical (unpaired) electrons. The fourth-order valence-electron chi connectivity index (χ4n) is 0.873. The number of halogens is 1. The lowest BCUT2D eigenvalue weighted by Gasteiger charge is -2.01. The van der Waals surface area contributed by atoms with E-state index in [1.807, 2.05) is 0 Å². The van der Waals surface area contributed by atoms with Crippen LogP contribution in [0.5, 0.6) is 5.75 Å². The van der Waals surface area contributed by atoms with Gasteiger partial charge in [-0.25, -0.2) is 4.39 Å². The number of ether oxygens (including phenoxy) is 1. The molecule has 0 atom stereocenters. The third-order valence-electron chi connectivity index (χ3n) is 1.41. The molecule has 64 valence electrons. The minimum atomic E-state index is -0.400. The molecule has 0 amide bonds. The highest BCUT2D eigenvalue weighted by atomic mass is 19.1. The van der Waals surface area contributed by atoms with Crippen LogP contribution < -0.4 is 4.74 Å². The summed E-state index contributed by atoms with van der Waals surface area (Å²) in [5.41, 5.74) is 0.379. The molecule has 13 heavy (non-hydrogen) atoms. The largest absolute Gasteiger partial charge is 0.495 e. The first kappa shape index (κ1) is 9.09. The average Bonchev–Trinajstić information content (AvgIpc) is 2.15. The summed E-state index contributed by atoms with van der Waals surface area (Å²) in [6.45, 7) is 0. The van der Waals surface area contributed by atoms with Gasteiger partial charge in [-0.2, -0.15) is 5.26 Å². The third-order valence-corrected chi connectivity index (χ3v) is 1.41. The molecule has 2 nitrogen and oxygen atoms in total. The molecule has 1 aromatic rings. The van der Waals surface area contributed by atoms with Crippen LogP contribution in [0.2, 0.25) is 0 Å². The van der Waals surface area contributed by atoms with Crippen LogP contribution in [0.25, 0.3) is 0 Å². The highest BCUT2D eigenvalue weighted by Gasteiger charge is 2.00. The topological polar surface area (TPSA) is 33.0 Å². The monoisotopic (exact) mass is 175 g/mol. The Morgan fingerprint density at radius 3 is 2.85 bits per heavy atom. The Hall–Kier alpha value is -2.00. The zero-order chi connectivity index (χ0) is 9.68. The van der Waals surface area contributed by atoms with E-state index in [4.69, 9.17) is 10.00 Å². The maximum atomic E-state index is 12.7. The Bertz CT molecular complexity index is 409. The molecular formula is C10H6FNO. The third kappa shape index (κ3) is 2.21. The SMILES string of the molecule is COc1ccc(F)cc1C#CC#N. The second kappa shape index (κ2) is 4.13. The van der Waals surface area contributed by atoms with Gasteiger partial charge in [-0.1, -0.05) is 0 Å². The summed E-state index contributed by atoms with van der Waals surface area (Å²) in [5, 5.41) is 8.20. The fourth-order valence-corrected chi connectivity index (χ4v) is 0.873. The van der Waals surface area contributed by atoms with Crippen LogP contribution in [0, 0.1) is 29.0 Å². The maximum absolute atomic E-state index is 12.7. The van der Waals surface area contributed by atoms with Crippen molar-refractivity contribution in [3.05, 3.63) is 29.6 Å². The number of nitriles is 1. The van der Waals surface area contributed by atoms with E-state index in [1.165, 1.54) is 25.3 Å². The van der Waals surface area contributed by atoms with Gasteiger partial charge in [0.1, 0.15) is 11.6 Å². The first-order valence-electron chi connectivity index (χ1n) is 3.51. The Labute approximate surface area is 75.6 Å². The molecular weight excluding hydrogens is 169 g/mol. The zero-order valence-corrected chi connectivity index (χ0v) is 6.97. The first-order chi connectivity index (χ1) is 6.27. The van der Waals surface area contributed by atoms with Gasteiger partial charge in [0.15, 0.2) is 6.07 Å². The Morgan fingerprint density at radius 1 is 1.46 bits per heavy atom. The van der Waals surface area contributed by atoms with E-state index < -0.39 is 5.82 Å². The number of methoxy groups -OCH3 is 1. The molecule has 0 bridgehead atoms. The highest BCUT2D eigenvalue weighted by Crippen LogP contribution is 2.17. The Kier molecular flexibility index (Phi) is 2.89. The second-order valence-electron chi connectivity index (χ2n) is 2.21. The minimum absolute atomic E-state index is 0.379. The smallest absolute Gasteiger partial charge is 0.152 e. The predicted octanol–water partition coefficient (Wildman–Crippen LogP) is 1.71. The lowest BCUT2D eigenvalue weighted by atomic mass is 10.2. The van der Waals surface area contributed by atoms with Gasteiger partial charge in [0.05, 0.1) is 12.7 Å². The van der Waals surface area contributed by atoms with Crippen LogP contribution in [0.4, 0.5) is 4.39 Å². The van der Waals surface area contributed by atoms with Crippen molar-refractivity contribution in [2.75, 3.05) is 7.11 Å². The number of hydrogen-bond acceptors (Lipinski definition) is 2. The van der Waals surface area contributed by atoms with Crippen molar-refractivity contribution in [2.45, 2.75) is 0 Å². The molecule has 0 aliphatic carbocycles. The summed E-state index contributed by atoms with van der Waals surface area (Å²) in [4.78, 5) is 0. The quantitative estimate of drug-likeness (QED) is 0.608. The molecule has 1 rings (SSSR count). The number of rotatable bonds is 1. The summed E-state index contributed by atoms with van der Waals surface area (Å²) in [5.74, 6) is 4.72. The van der Waals surface area contributed by atoms with Crippen LogP contribution in [0.3, 0.4) is 0 Å². The Balaban J connectivity index is 3.17. The average molecular weight is 175 g/mol. The fraction of sp³-hybridized carbons (Fsp3) is 0.100. The van der Waals surface area contributed by atoms with Crippen molar-refractivity contribution in [1.29, 1.82) is 5.26 Å². The number of hydrogen-bond donors (Lipinski definition) is 0. The van der Waals surface area contributed by atoms with Crippen LogP contribution in [0.1, 0.15) is 5.56 Å². The van der Waals surface area contributed by atoms with E-state index in [9.17, 15) is 4.39 Å². The van der Waals surface area contributed by atoms with E-state index in [-0.39, 0.29) is 0 Å². The molecule has 0 aromatic heterocycles. The normalized spacial score (nSPS) is 8.08. The molecule has 0 N–H and O–H groups in total. The van der Waals surface area contributed by atoms with Gasteiger partial charge in [0.25, 0.3) is 0 Å². The van der Waals surface area contributed by atoms with Crippen LogP contribution in [-0.4, -0.2) is 7.11 Å². The van der Waals surface area contributed by atoms with Gasteiger partial charge in [-0.15, -0.1) is 0 Å². The van der Waals surface area contributed by atoms with Crippen molar-refractivity contribution in [2.24, 2.45) is 0 Å². The number of nitrogens with zero attached hydrogens (tertiary/aromatic N) is 1. The van der Waals surface area contributed by atoms with Gasteiger partial charge in [-0.3, -0.25) is 0 Å². The predicted molar refractivity (Wildman–Crippen MR) is 45.4 cm³/mol. The summed E-state index contributed by atoms with van der Waals surface area (Å²) in [7, 11) is 1.46. The second-order valence-corrected chi connectivity index (χ2v) is 2.21. The molecule has 0 heterocycles. The van der Waals surface area contributed by atoms with Crippen molar-refractivity contribution < 1.29 is 9.13 Å². The van der Waals surface area contributed by atoms with E-state index in [1.54, 1.807) is 6.07 Å². The molecule has 0 saturated carbocycles. The van der Waals surface area contributed by atoms with Gasteiger partial charge < -0.3 is 4.74 Å². The van der Waals surface area contributed by atoms with Crippen molar-refractivity contribution >= 4 is 0 Å². The first-order valence-corrected chi connectivity index (χ1v) is 3.51. The summed E-state index contributed by atoms with van der Waals surface area (Å²) in [6.07, 6.45) is 0. The van der Waals surface area contributed by atoms with Gasteiger partial charge in [0, 0.05) is 5.92 Å². The van der Waals surface area contributed by atoms with E-state index in [0.29, 0.717) is 11.3 Å². The molecule has 1 aromatic carbocycles. The highest BCUT2D eigenvalue weighted by molar-refractivity contribution is 5.47. The summed E-state index contributed by atoms with van der Waals surface area (Å²) < 4.78 is 17.6. The summed E-state index contributed by atoms with van der Waals surface area (Å²) in [6, 6.07) is 5.62. The lowest BCUT2D eigenvalue weighted by molar-refractivity contribution is 0.412. The standard InChI is InChI=1S/C10H6FNO/c1-13-10-5-4-9(11)7-8(10)3-2-6-12/h4-5,7H,1H3. The molecule has 3 heteroatoms. The Morgan fingerprint density at radius 2 is 2.23 bits per heavy atom. The van der Waals surface area contributed by atoms with Crippen molar-refractivity contribution in [1.82, 2.24) is 0 Å². The molecule has 0 fully saturated rings. The molecule has 0 spiro atoms. The lowest BCUT2D eigenvalue weighted by Crippen LogP contribution is -1.88. The summed E-state index contributed by atoms with van der Waals surface area (Å²) >= 11 is 0. The van der Waals surface area contributed by atoms with Crippen LogP contribution in [-0.2, 0) is 0 Å². The molecule has 0 unspecified atom stereocenters. The maximum Gasteiger partial charge on any atom is 0.152 e. The molecule has 0 saturated heterocycles. The van der Waals surface area contributed by atoms with Gasteiger partial charge in [-0.05, 0) is 24.1 Å². The van der Waals surface area contributed by atoms with Gasteiger partial charge in [0.2, 0.25) is 0 Å². The van der Waals surface area contributed by atoms with Gasteiger partial charge >= 0.3 is 0 Å². The van der Waals surface area contributed by atoms with Crippen molar-refractivity contribution in [3.8, 4) is 23.7 Å². The molecule has 0 aliphatic heterocycles. The number of benzene rings is 1. The van der Waals surface area contributed by atoms with E-state index >= 15 is 0 Å². The van der Waals surface area contributed by atoms with Crippen LogP contribution >= 0.6 is 0 Å². The van der Waals surface area contributed by atoms with E-state index in [2.05, 4.69) is 11.8 Å². The minimum Gasteiger partial charge on any atom is -0.495 e. The zero-order valence-electron chi connectivity index (χ0n) is 6.97. The molecule has 0 aliphatic rings.